The highest BCUT2D eigenvalue weighted by Crippen LogP contribution is 2.46. The number of rotatable bonds is 5. The molecule has 40 heavy (non-hydrogen) atoms. The Labute approximate surface area is 251 Å². The van der Waals surface area contributed by atoms with Crippen molar-refractivity contribution in [1.82, 2.24) is 9.80 Å². The highest BCUT2D eigenvalue weighted by Gasteiger charge is 2.45. The lowest BCUT2D eigenvalue weighted by molar-refractivity contribution is -0.129. The summed E-state index contributed by atoms with van der Waals surface area (Å²) in [4.78, 5) is 15.9. The standard InChI is InChI=1S/C16H25NO2.C10H19NO.C6H5BrO.CH4/c1-12-6-4-8-14(11-17(2)3)16(12,19)13-7-5-9-15(18)10-13;1-8-5-4-6-9(10(8)12)7-11(2)3;7-5-2-1-3-6(8)4-5;/h5,7,9-10,12,14,18-19H,4,6,8,11H2,1-3H3;8-9H,4-7H2,1-3H3;1-4,8H;1H4. The predicted molar refractivity (Wildman–Crippen MR) is 170 cm³/mol. The summed E-state index contributed by atoms with van der Waals surface area (Å²) in [6, 6.07) is 14.0. The van der Waals surface area contributed by atoms with E-state index in [-0.39, 0.29) is 25.0 Å². The topological polar surface area (TPSA) is 84.2 Å². The number of phenols is 2. The minimum Gasteiger partial charge on any atom is -0.508 e. The van der Waals surface area contributed by atoms with Crippen LogP contribution >= 0.6 is 15.9 Å². The predicted octanol–water partition coefficient (Wildman–Crippen LogP) is 6.92. The lowest BCUT2D eigenvalue weighted by Gasteiger charge is -2.46. The van der Waals surface area contributed by atoms with E-state index < -0.39 is 5.60 Å². The van der Waals surface area contributed by atoms with Gasteiger partial charge in [0.2, 0.25) is 0 Å². The normalized spacial score (nSPS) is 26.2. The number of ketones is 1. The van der Waals surface area contributed by atoms with Gasteiger partial charge in [-0.1, -0.05) is 68.2 Å². The first-order valence-corrected chi connectivity index (χ1v) is 14.9. The van der Waals surface area contributed by atoms with Crippen LogP contribution in [0, 0.1) is 23.7 Å². The summed E-state index contributed by atoms with van der Waals surface area (Å²) in [5.41, 5.74) is 0.0212. The molecular weight excluding hydrogens is 568 g/mol. The first kappa shape index (κ1) is 36.1. The second-order valence-electron chi connectivity index (χ2n) is 11.8. The number of carbonyl (C=O) groups is 1. The first-order valence-electron chi connectivity index (χ1n) is 14.1. The molecule has 0 spiro atoms. The van der Waals surface area contributed by atoms with E-state index in [9.17, 15) is 15.0 Å². The summed E-state index contributed by atoms with van der Waals surface area (Å²) in [6.07, 6.45) is 6.67. The van der Waals surface area contributed by atoms with Gasteiger partial charge in [0.15, 0.2) is 0 Å². The highest BCUT2D eigenvalue weighted by atomic mass is 79.9. The number of carbonyl (C=O) groups excluding carboxylic acids is 1. The lowest BCUT2D eigenvalue weighted by atomic mass is 9.65. The number of nitrogens with zero attached hydrogens (tertiary/aromatic N) is 2. The zero-order valence-electron chi connectivity index (χ0n) is 24.6. The van der Waals surface area contributed by atoms with E-state index in [0.29, 0.717) is 23.4 Å². The van der Waals surface area contributed by atoms with Gasteiger partial charge in [-0.25, -0.2) is 0 Å². The highest BCUT2D eigenvalue weighted by molar-refractivity contribution is 9.10. The molecule has 2 saturated carbocycles. The number of halogens is 1. The van der Waals surface area contributed by atoms with Gasteiger partial charge in [-0.15, -0.1) is 0 Å². The van der Waals surface area contributed by atoms with Crippen LogP contribution in [0.3, 0.4) is 0 Å². The summed E-state index contributed by atoms with van der Waals surface area (Å²) in [5.74, 6) is 2.05. The van der Waals surface area contributed by atoms with Crippen LogP contribution < -0.4 is 0 Å². The SMILES string of the molecule is C.CC1CCCC(CN(C)C)C1(O)c1cccc(O)c1.CC1CCCC(CN(C)C)C1=O.Oc1cccc(Br)c1. The quantitative estimate of drug-likeness (QED) is 0.336. The van der Waals surface area contributed by atoms with Crippen LogP contribution in [0.4, 0.5) is 0 Å². The van der Waals surface area contributed by atoms with Crippen molar-refractivity contribution >= 4 is 21.7 Å². The van der Waals surface area contributed by atoms with Gasteiger partial charge in [0.05, 0.1) is 5.60 Å². The molecule has 0 radical (unpaired) electrons. The molecule has 2 aliphatic carbocycles. The van der Waals surface area contributed by atoms with Crippen molar-refractivity contribution in [1.29, 1.82) is 0 Å². The Kier molecular flexibility index (Phi) is 15.5. The molecule has 0 bridgehead atoms. The van der Waals surface area contributed by atoms with Gasteiger partial charge < -0.3 is 25.1 Å². The molecule has 0 heterocycles. The summed E-state index contributed by atoms with van der Waals surface area (Å²) in [7, 11) is 8.16. The average Bonchev–Trinajstić information content (AvgIpc) is 2.85. The summed E-state index contributed by atoms with van der Waals surface area (Å²) < 4.78 is 0.900. The fourth-order valence-electron chi connectivity index (χ4n) is 5.91. The van der Waals surface area contributed by atoms with E-state index in [1.165, 1.54) is 12.8 Å². The Morgan fingerprint density at radius 2 is 1.43 bits per heavy atom. The Morgan fingerprint density at radius 1 is 0.850 bits per heavy atom. The molecule has 2 aliphatic rings. The van der Waals surface area contributed by atoms with E-state index in [1.807, 2.05) is 46.4 Å². The number of hydrogen-bond donors (Lipinski definition) is 3. The lowest BCUT2D eigenvalue weighted by Crippen LogP contribution is -2.47. The van der Waals surface area contributed by atoms with Crippen molar-refractivity contribution in [2.24, 2.45) is 23.7 Å². The Hall–Kier alpha value is -1.93. The van der Waals surface area contributed by atoms with Gasteiger partial charge in [0, 0.05) is 35.3 Å². The average molecular weight is 622 g/mol. The van der Waals surface area contributed by atoms with Crippen LogP contribution in [0.2, 0.25) is 0 Å². The minimum atomic E-state index is -0.832. The maximum atomic E-state index is 11.6. The number of Topliss-reactive ketones (excluding diaryl/α,β-unsaturated/α-hetero) is 1. The van der Waals surface area contributed by atoms with Crippen LogP contribution in [-0.4, -0.2) is 72.2 Å². The van der Waals surface area contributed by atoms with Crippen LogP contribution in [0.1, 0.15) is 65.4 Å². The Bertz CT molecular complexity index is 1010. The zero-order valence-corrected chi connectivity index (χ0v) is 26.2. The van der Waals surface area contributed by atoms with Crippen LogP contribution in [0.5, 0.6) is 11.5 Å². The van der Waals surface area contributed by atoms with Gasteiger partial charge >= 0.3 is 0 Å². The van der Waals surface area contributed by atoms with E-state index in [2.05, 4.69) is 39.6 Å². The van der Waals surface area contributed by atoms with Crippen molar-refractivity contribution in [2.75, 3.05) is 41.3 Å². The summed E-state index contributed by atoms with van der Waals surface area (Å²) >= 11 is 3.20. The molecule has 7 heteroatoms. The third-order valence-corrected chi connectivity index (χ3v) is 8.42. The molecule has 2 fully saturated rings. The molecule has 0 amide bonds. The van der Waals surface area contributed by atoms with Gasteiger partial charge in [-0.3, -0.25) is 4.79 Å². The van der Waals surface area contributed by atoms with E-state index in [1.54, 1.807) is 30.3 Å². The van der Waals surface area contributed by atoms with Crippen molar-refractivity contribution in [3.05, 3.63) is 58.6 Å². The van der Waals surface area contributed by atoms with Crippen LogP contribution in [0.25, 0.3) is 0 Å². The molecule has 5 atom stereocenters. The Balaban J connectivity index is 0.000000326. The molecule has 2 aromatic rings. The van der Waals surface area contributed by atoms with E-state index >= 15 is 0 Å². The maximum Gasteiger partial charge on any atom is 0.140 e. The molecule has 6 nitrogen and oxygen atoms in total. The maximum absolute atomic E-state index is 11.6. The molecule has 0 aliphatic heterocycles. The van der Waals surface area contributed by atoms with Crippen molar-refractivity contribution < 1.29 is 20.1 Å². The van der Waals surface area contributed by atoms with Crippen molar-refractivity contribution in [3.8, 4) is 11.5 Å². The van der Waals surface area contributed by atoms with Crippen molar-refractivity contribution in [3.63, 3.8) is 0 Å². The Morgan fingerprint density at radius 3 is 1.95 bits per heavy atom. The number of aliphatic hydroxyl groups is 1. The number of benzene rings is 2. The smallest absolute Gasteiger partial charge is 0.140 e. The van der Waals surface area contributed by atoms with Crippen LogP contribution in [0.15, 0.2) is 53.0 Å². The van der Waals surface area contributed by atoms with E-state index in [0.717, 1.165) is 48.8 Å². The zero-order chi connectivity index (χ0) is 29.2. The molecule has 226 valence electrons. The van der Waals surface area contributed by atoms with Crippen molar-refractivity contribution in [2.45, 2.75) is 65.4 Å². The molecule has 3 N–H and O–H groups in total. The summed E-state index contributed by atoms with van der Waals surface area (Å²) in [5, 5.41) is 29.8. The number of hydrogen-bond acceptors (Lipinski definition) is 6. The largest absolute Gasteiger partial charge is 0.508 e. The fraction of sp³-hybridized carbons (Fsp3) is 0.606. The molecule has 4 rings (SSSR count). The van der Waals surface area contributed by atoms with E-state index in [4.69, 9.17) is 5.11 Å². The number of phenolic OH excluding ortho intramolecular Hbond substituents is 2. The van der Waals surface area contributed by atoms with Gasteiger partial charge in [-0.2, -0.15) is 0 Å². The third kappa shape index (κ3) is 10.8. The summed E-state index contributed by atoms with van der Waals surface area (Å²) in [6.45, 7) is 5.98. The van der Waals surface area contributed by atoms with Gasteiger partial charge in [0.25, 0.3) is 0 Å². The first-order chi connectivity index (χ1) is 18.3. The second-order valence-corrected chi connectivity index (χ2v) is 12.8. The van der Waals surface area contributed by atoms with Crippen LogP contribution in [-0.2, 0) is 10.4 Å². The molecule has 0 saturated heterocycles. The monoisotopic (exact) mass is 620 g/mol. The van der Waals surface area contributed by atoms with Gasteiger partial charge in [0.1, 0.15) is 17.3 Å². The minimum absolute atomic E-state index is 0. The third-order valence-electron chi connectivity index (χ3n) is 7.93. The molecular formula is C33H53BrN2O4. The molecule has 5 unspecified atom stereocenters. The molecule has 2 aromatic carbocycles. The fourth-order valence-corrected chi connectivity index (χ4v) is 6.30. The molecule has 0 aromatic heterocycles. The second kappa shape index (κ2) is 17.1. The number of aromatic hydroxyl groups is 2. The van der Waals surface area contributed by atoms with Gasteiger partial charge in [-0.05, 0) is 95.7 Å².